The Morgan fingerprint density at radius 1 is 0.359 bits per heavy atom. The second kappa shape index (κ2) is 42.3. The number of carbonyl (C=O) groups is 2. The quantitative estimate of drug-likeness (QED) is 0.0389. The molecule has 2 aromatic rings. The molecule has 0 saturated carbocycles. The minimum absolute atomic E-state index is 0.0791. The van der Waals surface area contributed by atoms with Gasteiger partial charge in [0.15, 0.2) is 0 Å². The van der Waals surface area contributed by atoms with E-state index in [-0.39, 0.29) is 25.2 Å². The monoisotopic (exact) mass is 869 g/mol. The van der Waals surface area contributed by atoms with Crippen molar-refractivity contribution >= 4 is 11.9 Å². The van der Waals surface area contributed by atoms with Gasteiger partial charge in [-0.2, -0.15) is 0 Å². The van der Waals surface area contributed by atoms with Crippen LogP contribution in [0.2, 0.25) is 0 Å². The second-order valence-electron chi connectivity index (χ2n) is 17.4. The predicted molar refractivity (Wildman–Crippen MR) is 270 cm³/mol. The van der Waals surface area contributed by atoms with Crippen LogP contribution in [0.1, 0.15) is 230 Å². The molecule has 0 radical (unpaired) electrons. The van der Waals surface area contributed by atoms with Crippen LogP contribution in [0, 0.1) is 47.4 Å². The smallest absolute Gasteiger partial charge is 0.306 e. The summed E-state index contributed by atoms with van der Waals surface area (Å²) in [6.07, 6.45) is 38.8. The van der Waals surface area contributed by atoms with Crippen molar-refractivity contribution in [2.45, 2.75) is 219 Å². The van der Waals surface area contributed by atoms with Crippen LogP contribution in [0.3, 0.4) is 0 Å². The zero-order valence-electron chi connectivity index (χ0n) is 40.4. The van der Waals surface area contributed by atoms with Crippen molar-refractivity contribution in [2.75, 3.05) is 13.2 Å². The third kappa shape index (κ3) is 33.9. The van der Waals surface area contributed by atoms with Crippen LogP contribution >= 0.6 is 0 Å². The van der Waals surface area contributed by atoms with E-state index in [0.29, 0.717) is 24.0 Å². The van der Waals surface area contributed by atoms with Crippen molar-refractivity contribution in [3.8, 4) is 47.4 Å². The molecule has 0 unspecified atom stereocenters. The number of esters is 2. The molecule has 0 N–H and O–H groups in total. The minimum Gasteiger partial charge on any atom is -0.460 e. The molecule has 0 aliphatic rings. The molecule has 4 nitrogen and oxygen atoms in total. The van der Waals surface area contributed by atoms with Gasteiger partial charge in [0.05, 0.1) is 11.1 Å². The zero-order valence-corrected chi connectivity index (χ0v) is 40.4. The summed E-state index contributed by atoms with van der Waals surface area (Å²) in [5.41, 5.74) is 2.62. The molecule has 0 spiro atoms. The summed E-state index contributed by atoms with van der Waals surface area (Å²) in [7, 11) is 0. The average Bonchev–Trinajstić information content (AvgIpc) is 3.31. The van der Waals surface area contributed by atoms with Crippen LogP contribution in [0.4, 0.5) is 0 Å². The fourth-order valence-electron chi connectivity index (χ4n) is 7.59. The van der Waals surface area contributed by atoms with Crippen LogP contribution in [-0.4, -0.2) is 25.2 Å². The van der Waals surface area contributed by atoms with Crippen molar-refractivity contribution in [3.05, 3.63) is 82.9 Å². The second-order valence-corrected chi connectivity index (χ2v) is 17.4. The number of hydrogen-bond donors (Lipinski definition) is 0. The van der Waals surface area contributed by atoms with E-state index in [9.17, 15) is 9.59 Å². The maximum absolute atomic E-state index is 13.0. The van der Waals surface area contributed by atoms with E-state index >= 15 is 0 Å². The molecule has 348 valence electrons. The lowest BCUT2D eigenvalue weighted by Crippen LogP contribution is -2.12. The Balaban J connectivity index is 1.91. The molecule has 0 aliphatic carbocycles. The van der Waals surface area contributed by atoms with Gasteiger partial charge in [-0.05, 0) is 60.8 Å². The van der Waals surface area contributed by atoms with E-state index < -0.39 is 0 Å². The Hall–Kier alpha value is -4.64. The highest BCUT2D eigenvalue weighted by Crippen LogP contribution is 2.16. The Bertz CT molecular complexity index is 1630. The largest absolute Gasteiger partial charge is 0.460 e. The SMILES string of the molecule is CCCCCCCCCCCCCCCCCC(=O)OC/C(C#CC#Cc1ccccc1)=C(\C#CC#Cc1ccccc1)COC(=O)CCCCCCCCCCCCCCCCC. The molecule has 0 aromatic heterocycles. The average molecular weight is 869 g/mol. The minimum atomic E-state index is -0.272. The van der Waals surface area contributed by atoms with Crippen molar-refractivity contribution in [1.82, 2.24) is 0 Å². The molecular weight excluding hydrogens is 785 g/mol. The first-order chi connectivity index (χ1) is 31.6. The van der Waals surface area contributed by atoms with Crippen LogP contribution in [0.25, 0.3) is 0 Å². The maximum atomic E-state index is 13.0. The van der Waals surface area contributed by atoms with E-state index in [1.165, 1.54) is 154 Å². The Morgan fingerprint density at radius 3 is 0.906 bits per heavy atom. The van der Waals surface area contributed by atoms with E-state index in [1.807, 2.05) is 60.7 Å². The van der Waals surface area contributed by atoms with Gasteiger partial charge in [-0.1, -0.05) is 254 Å². The maximum Gasteiger partial charge on any atom is 0.306 e. The van der Waals surface area contributed by atoms with Gasteiger partial charge in [-0.3, -0.25) is 9.59 Å². The third-order valence-corrected chi connectivity index (χ3v) is 11.6. The Labute approximate surface area is 392 Å². The molecule has 0 bridgehead atoms. The Morgan fingerprint density at radius 2 is 0.625 bits per heavy atom. The summed E-state index contributed by atoms with van der Waals surface area (Å²) >= 11 is 0. The van der Waals surface area contributed by atoms with Gasteiger partial charge in [0.2, 0.25) is 0 Å². The number of hydrogen-bond acceptors (Lipinski definition) is 4. The molecule has 64 heavy (non-hydrogen) atoms. The van der Waals surface area contributed by atoms with E-state index in [0.717, 1.165) is 49.7 Å². The third-order valence-electron chi connectivity index (χ3n) is 11.6. The van der Waals surface area contributed by atoms with Gasteiger partial charge in [-0.15, -0.1) is 0 Å². The first-order valence-corrected chi connectivity index (χ1v) is 25.8. The first kappa shape index (κ1) is 55.5. The summed E-state index contributed by atoms with van der Waals surface area (Å²) in [5, 5.41) is 0. The van der Waals surface area contributed by atoms with E-state index in [4.69, 9.17) is 9.47 Å². The standard InChI is InChI=1S/C60H84O4/c1-3-5-7-9-11-13-15-17-19-21-23-25-27-29-37-51-59(61)63-53-57(49-41-39-47-55-43-33-31-34-44-55)58(50-42-40-48-56-45-35-32-36-46-56)54-64-60(62)52-38-30-28-26-24-22-20-18-16-14-12-10-8-6-4-2/h31-36,43-46H,3-30,37-38,51-54H2,1-2H3/b58-57+. The Kier molecular flexibility index (Phi) is 36.7. The topological polar surface area (TPSA) is 52.6 Å². The number of rotatable bonds is 36. The molecular formula is C60H84O4. The molecule has 0 amide bonds. The highest BCUT2D eigenvalue weighted by Gasteiger charge is 2.11. The van der Waals surface area contributed by atoms with Gasteiger partial charge in [-0.25, -0.2) is 0 Å². The van der Waals surface area contributed by atoms with Crippen molar-refractivity contribution in [1.29, 1.82) is 0 Å². The van der Waals surface area contributed by atoms with Gasteiger partial charge in [0.25, 0.3) is 0 Å². The normalized spacial score (nSPS) is 10.8. The predicted octanol–water partition coefficient (Wildman–Crippen LogP) is 16.0. The lowest BCUT2D eigenvalue weighted by molar-refractivity contribution is -0.144. The molecule has 4 heteroatoms. The number of benzene rings is 2. The number of unbranched alkanes of at least 4 members (excludes halogenated alkanes) is 28. The summed E-state index contributed by atoms with van der Waals surface area (Å²) in [6, 6.07) is 19.3. The van der Waals surface area contributed by atoms with Gasteiger partial charge in [0, 0.05) is 24.0 Å². The van der Waals surface area contributed by atoms with Crippen LogP contribution < -0.4 is 0 Å². The van der Waals surface area contributed by atoms with E-state index in [2.05, 4.69) is 61.2 Å². The molecule has 0 saturated heterocycles. The van der Waals surface area contributed by atoms with Crippen molar-refractivity contribution < 1.29 is 19.1 Å². The van der Waals surface area contributed by atoms with Crippen LogP contribution in [-0.2, 0) is 19.1 Å². The van der Waals surface area contributed by atoms with Crippen molar-refractivity contribution in [3.63, 3.8) is 0 Å². The van der Waals surface area contributed by atoms with Crippen molar-refractivity contribution in [2.24, 2.45) is 0 Å². The number of ether oxygens (including phenoxy) is 2. The lowest BCUT2D eigenvalue weighted by Gasteiger charge is -2.09. The van der Waals surface area contributed by atoms with Crippen LogP contribution in [0.5, 0.6) is 0 Å². The summed E-state index contributed by atoms with van der Waals surface area (Å²) in [5.74, 6) is 23.4. The van der Waals surface area contributed by atoms with Gasteiger partial charge >= 0.3 is 11.9 Å². The molecule has 0 aliphatic heterocycles. The summed E-state index contributed by atoms with van der Waals surface area (Å²) in [6.45, 7) is 4.39. The lowest BCUT2D eigenvalue weighted by atomic mass is 10.0. The summed E-state index contributed by atoms with van der Waals surface area (Å²) < 4.78 is 11.5. The van der Waals surface area contributed by atoms with Gasteiger partial charge < -0.3 is 9.47 Å². The fraction of sp³-hybridized carbons (Fsp3) is 0.600. The van der Waals surface area contributed by atoms with E-state index in [1.54, 1.807) is 0 Å². The summed E-state index contributed by atoms with van der Waals surface area (Å²) in [4.78, 5) is 25.9. The fourth-order valence-corrected chi connectivity index (χ4v) is 7.59. The molecule has 0 fully saturated rings. The highest BCUT2D eigenvalue weighted by atomic mass is 16.5. The van der Waals surface area contributed by atoms with Gasteiger partial charge in [0.1, 0.15) is 13.2 Å². The molecule has 2 aromatic carbocycles. The highest BCUT2D eigenvalue weighted by molar-refractivity contribution is 5.70. The number of carbonyl (C=O) groups excluding carboxylic acids is 2. The first-order valence-electron chi connectivity index (χ1n) is 25.8. The molecule has 0 atom stereocenters. The molecule has 2 rings (SSSR count). The van der Waals surface area contributed by atoms with Crippen LogP contribution in [0.15, 0.2) is 71.8 Å². The zero-order chi connectivity index (χ0) is 45.6. The molecule has 0 heterocycles.